The van der Waals surface area contributed by atoms with Crippen molar-refractivity contribution < 1.29 is 50.0 Å². The lowest BCUT2D eigenvalue weighted by Crippen LogP contribution is -2.60. The number of hydrogen-bond donors (Lipinski definition) is 8. The van der Waals surface area contributed by atoms with Crippen molar-refractivity contribution in [3.05, 3.63) is 36.5 Å². The second kappa shape index (κ2) is 32.6. The molecule has 11 nitrogen and oxygen atoms in total. The molecule has 1 amide bonds. The summed E-state index contributed by atoms with van der Waals surface area (Å²) in [5.41, 5.74) is 0. The van der Waals surface area contributed by atoms with Crippen LogP contribution in [0.5, 0.6) is 0 Å². The highest BCUT2D eigenvalue weighted by Gasteiger charge is 2.44. The van der Waals surface area contributed by atoms with E-state index in [9.17, 15) is 40.5 Å². The second-order valence-electron chi connectivity index (χ2n) is 14.7. The number of allylic oxidation sites excluding steroid dienone is 6. The van der Waals surface area contributed by atoms with Gasteiger partial charge in [-0.1, -0.05) is 134 Å². The maximum Gasteiger partial charge on any atom is 0.249 e. The summed E-state index contributed by atoms with van der Waals surface area (Å²) in [7, 11) is 0. The van der Waals surface area contributed by atoms with E-state index < -0.39 is 74.2 Å². The van der Waals surface area contributed by atoms with Crippen molar-refractivity contribution in [3.8, 4) is 0 Å². The maximum atomic E-state index is 13.0. The minimum absolute atomic E-state index is 0.241. The first kappa shape index (κ1) is 49.3. The van der Waals surface area contributed by atoms with Gasteiger partial charge in [0.05, 0.1) is 25.4 Å². The number of rotatable bonds is 33. The third-order valence-corrected chi connectivity index (χ3v) is 9.90. The average molecular weight is 756 g/mol. The Morgan fingerprint density at radius 1 is 0.642 bits per heavy atom. The molecule has 1 aliphatic rings. The number of aliphatic hydroxyl groups excluding tert-OH is 7. The normalized spacial score (nSPS) is 23.2. The van der Waals surface area contributed by atoms with Crippen LogP contribution in [0.4, 0.5) is 0 Å². The van der Waals surface area contributed by atoms with Gasteiger partial charge in [-0.2, -0.15) is 0 Å². The Kier molecular flexibility index (Phi) is 30.3. The number of nitrogens with one attached hydrogen (secondary N) is 1. The molecule has 0 saturated carbocycles. The van der Waals surface area contributed by atoms with Gasteiger partial charge in [-0.05, 0) is 57.8 Å². The monoisotopic (exact) mass is 756 g/mol. The minimum atomic E-state index is -1.67. The van der Waals surface area contributed by atoms with Crippen molar-refractivity contribution in [2.24, 2.45) is 0 Å². The van der Waals surface area contributed by atoms with Gasteiger partial charge in [0.2, 0.25) is 5.91 Å². The fourth-order valence-electron chi connectivity index (χ4n) is 6.34. The summed E-state index contributed by atoms with van der Waals surface area (Å²) in [4.78, 5) is 13.0. The molecule has 0 aromatic carbocycles. The first-order chi connectivity index (χ1) is 25.7. The summed E-state index contributed by atoms with van der Waals surface area (Å²) in [5.74, 6) is -0.717. The molecule has 1 rings (SSSR count). The summed E-state index contributed by atoms with van der Waals surface area (Å²) >= 11 is 0. The number of amides is 1. The third kappa shape index (κ3) is 23.1. The van der Waals surface area contributed by atoms with Gasteiger partial charge >= 0.3 is 0 Å². The van der Waals surface area contributed by atoms with Gasteiger partial charge in [-0.3, -0.25) is 4.79 Å². The van der Waals surface area contributed by atoms with Crippen LogP contribution in [0.15, 0.2) is 36.5 Å². The molecule has 310 valence electrons. The Balaban J connectivity index is 2.57. The van der Waals surface area contributed by atoms with Crippen LogP contribution in [0.25, 0.3) is 0 Å². The molecule has 1 heterocycles. The quantitative estimate of drug-likeness (QED) is 0.0307. The van der Waals surface area contributed by atoms with E-state index in [2.05, 4.69) is 55.6 Å². The number of unbranched alkanes of at least 4 members (excludes halogenated alkanes) is 15. The molecule has 0 aromatic rings. The van der Waals surface area contributed by atoms with Gasteiger partial charge in [0.25, 0.3) is 0 Å². The highest BCUT2D eigenvalue weighted by Crippen LogP contribution is 2.23. The van der Waals surface area contributed by atoms with Crippen LogP contribution in [-0.2, 0) is 14.3 Å². The van der Waals surface area contributed by atoms with E-state index in [4.69, 9.17) is 9.47 Å². The number of carbonyl (C=O) groups is 1. The summed E-state index contributed by atoms with van der Waals surface area (Å²) in [6.07, 6.45) is 23.4. The Morgan fingerprint density at radius 2 is 1.13 bits per heavy atom. The molecule has 0 spiro atoms. The van der Waals surface area contributed by atoms with E-state index in [1.807, 2.05) is 0 Å². The van der Waals surface area contributed by atoms with Crippen molar-refractivity contribution in [3.63, 3.8) is 0 Å². The van der Waals surface area contributed by atoms with Crippen molar-refractivity contribution in [2.45, 2.75) is 210 Å². The van der Waals surface area contributed by atoms with Crippen LogP contribution in [0.3, 0.4) is 0 Å². The molecule has 9 atom stereocenters. The molecule has 1 aliphatic heterocycles. The van der Waals surface area contributed by atoms with Gasteiger partial charge in [0.1, 0.15) is 36.6 Å². The zero-order chi connectivity index (χ0) is 39.1. The first-order valence-corrected chi connectivity index (χ1v) is 20.9. The Hall–Kier alpha value is -1.67. The fourth-order valence-corrected chi connectivity index (χ4v) is 6.34. The molecule has 1 saturated heterocycles. The van der Waals surface area contributed by atoms with Gasteiger partial charge in [0.15, 0.2) is 6.29 Å². The Bertz CT molecular complexity index is 960. The number of hydrogen-bond acceptors (Lipinski definition) is 10. The smallest absolute Gasteiger partial charge is 0.249 e. The van der Waals surface area contributed by atoms with E-state index in [0.717, 1.165) is 51.4 Å². The van der Waals surface area contributed by atoms with E-state index >= 15 is 0 Å². The van der Waals surface area contributed by atoms with Crippen molar-refractivity contribution in [2.75, 3.05) is 13.2 Å². The second-order valence-corrected chi connectivity index (χ2v) is 14.7. The number of ether oxygens (including phenoxy) is 2. The lowest BCUT2D eigenvalue weighted by atomic mass is 9.98. The van der Waals surface area contributed by atoms with Gasteiger partial charge < -0.3 is 50.5 Å². The van der Waals surface area contributed by atoms with E-state index in [0.29, 0.717) is 19.3 Å². The number of aliphatic hydroxyl groups is 7. The predicted octanol–water partition coefficient (Wildman–Crippen LogP) is 5.66. The largest absolute Gasteiger partial charge is 0.394 e. The van der Waals surface area contributed by atoms with E-state index in [-0.39, 0.29) is 12.8 Å². The average Bonchev–Trinajstić information content (AvgIpc) is 3.16. The van der Waals surface area contributed by atoms with Gasteiger partial charge in [-0.25, -0.2) is 0 Å². The molecule has 8 N–H and O–H groups in total. The molecule has 0 radical (unpaired) electrons. The molecule has 11 heteroatoms. The maximum absolute atomic E-state index is 13.0. The molecular formula is C42H77NO10. The molecule has 0 bridgehead atoms. The summed E-state index contributed by atoms with van der Waals surface area (Å²) in [6, 6.07) is -1.19. The number of carbonyl (C=O) groups excluding carboxylic acids is 1. The fraction of sp³-hybridized carbons (Fsp3) is 0.833. The van der Waals surface area contributed by atoms with Gasteiger partial charge in [-0.15, -0.1) is 0 Å². The highest BCUT2D eigenvalue weighted by molar-refractivity contribution is 5.80. The lowest BCUT2D eigenvalue weighted by Gasteiger charge is -2.40. The molecule has 0 aliphatic carbocycles. The van der Waals surface area contributed by atoms with E-state index in [1.54, 1.807) is 0 Å². The van der Waals surface area contributed by atoms with Crippen LogP contribution < -0.4 is 5.32 Å². The van der Waals surface area contributed by atoms with Crippen LogP contribution in [-0.4, -0.2) is 110 Å². The Labute approximate surface area is 320 Å². The molecule has 9 unspecified atom stereocenters. The third-order valence-electron chi connectivity index (χ3n) is 9.90. The van der Waals surface area contributed by atoms with Crippen LogP contribution in [0, 0.1) is 0 Å². The summed E-state index contributed by atoms with van der Waals surface area (Å²) in [5, 5.41) is 75.3. The van der Waals surface area contributed by atoms with Crippen molar-refractivity contribution >= 4 is 5.91 Å². The predicted molar refractivity (Wildman–Crippen MR) is 210 cm³/mol. The summed E-state index contributed by atoms with van der Waals surface area (Å²) < 4.78 is 11.0. The van der Waals surface area contributed by atoms with Crippen LogP contribution in [0.1, 0.15) is 155 Å². The molecule has 1 fully saturated rings. The lowest BCUT2D eigenvalue weighted by molar-refractivity contribution is -0.303. The summed E-state index contributed by atoms with van der Waals surface area (Å²) in [6.45, 7) is 3.33. The highest BCUT2D eigenvalue weighted by atomic mass is 16.7. The SMILES string of the molecule is CCCC/C=C/CC/C=C/CC/C=C/CCCC(O)C(O)C(COC1OC(CO)C(O)C(O)C1O)NC(=O)C(O)CCCCCCCCCCCCC. The molecule has 0 aromatic heterocycles. The van der Waals surface area contributed by atoms with Crippen LogP contribution >= 0.6 is 0 Å². The van der Waals surface area contributed by atoms with E-state index in [1.165, 1.54) is 57.8 Å². The Morgan fingerprint density at radius 3 is 1.66 bits per heavy atom. The topological polar surface area (TPSA) is 189 Å². The first-order valence-electron chi connectivity index (χ1n) is 20.9. The zero-order valence-corrected chi connectivity index (χ0v) is 33.0. The minimum Gasteiger partial charge on any atom is -0.394 e. The van der Waals surface area contributed by atoms with Crippen LogP contribution in [0.2, 0.25) is 0 Å². The standard InChI is InChI=1S/C42H77NO10/c1-3-5-7-9-11-13-15-16-17-18-20-21-23-25-27-29-34(45)37(47)33(32-52-42-40(50)39(49)38(48)36(31-44)53-42)43-41(51)35(46)30-28-26-24-22-19-14-12-10-8-6-4-2/h9,11,16-17,21,23,33-40,42,44-50H,3-8,10,12-15,18-20,22,24-32H2,1-2H3,(H,43,51)/b11-9+,17-16+,23-21+. The zero-order valence-electron chi connectivity index (χ0n) is 33.0. The molecular weight excluding hydrogens is 678 g/mol. The van der Waals surface area contributed by atoms with Gasteiger partial charge in [0, 0.05) is 0 Å². The molecule has 53 heavy (non-hydrogen) atoms. The van der Waals surface area contributed by atoms with Crippen molar-refractivity contribution in [1.82, 2.24) is 5.32 Å². The van der Waals surface area contributed by atoms with Crippen molar-refractivity contribution in [1.29, 1.82) is 0 Å².